The molecule has 2 heteroatoms. The lowest BCUT2D eigenvalue weighted by Crippen LogP contribution is -2.40. The smallest absolute Gasteiger partial charge is 0.222 e. The van der Waals surface area contributed by atoms with Crippen molar-refractivity contribution >= 4 is 5.91 Å². The third-order valence-electron chi connectivity index (χ3n) is 3.36. The summed E-state index contributed by atoms with van der Waals surface area (Å²) in [4.78, 5) is 13.8. The number of carbonyl (C=O) groups excluding carboxylic acids is 1. The first-order valence-corrected chi connectivity index (χ1v) is 5.42. The number of hydrogen-bond donors (Lipinski definition) is 0. The fourth-order valence-corrected chi connectivity index (χ4v) is 2.32. The standard InChI is InChI=1S/C11H21NO/c1-5-10-7-8(3)9(4)12(10)11(13)6-2/h8-10H,5-7H2,1-4H3/t8?,9?,10-/m1/s1. The maximum Gasteiger partial charge on any atom is 0.222 e. The number of rotatable bonds is 2. The maximum atomic E-state index is 11.7. The third kappa shape index (κ3) is 1.87. The highest BCUT2D eigenvalue weighted by atomic mass is 16.2. The lowest BCUT2D eigenvalue weighted by molar-refractivity contribution is -0.133. The van der Waals surface area contributed by atoms with Crippen molar-refractivity contribution in [3.63, 3.8) is 0 Å². The van der Waals surface area contributed by atoms with Gasteiger partial charge in [0.05, 0.1) is 0 Å². The summed E-state index contributed by atoms with van der Waals surface area (Å²) in [6.07, 6.45) is 2.93. The van der Waals surface area contributed by atoms with Crippen LogP contribution in [0.1, 0.15) is 47.0 Å². The van der Waals surface area contributed by atoms with Crippen LogP contribution in [0.5, 0.6) is 0 Å². The molecule has 3 atom stereocenters. The molecule has 0 spiro atoms. The highest BCUT2D eigenvalue weighted by Gasteiger charge is 2.36. The largest absolute Gasteiger partial charge is 0.337 e. The van der Waals surface area contributed by atoms with Crippen molar-refractivity contribution in [1.29, 1.82) is 0 Å². The van der Waals surface area contributed by atoms with Gasteiger partial charge in [0, 0.05) is 18.5 Å². The molecule has 0 saturated carbocycles. The molecule has 0 aromatic rings. The van der Waals surface area contributed by atoms with Gasteiger partial charge in [-0.3, -0.25) is 4.79 Å². The summed E-state index contributed by atoms with van der Waals surface area (Å²) in [6.45, 7) is 8.54. The average molecular weight is 183 g/mol. The molecule has 13 heavy (non-hydrogen) atoms. The zero-order valence-electron chi connectivity index (χ0n) is 9.21. The number of carbonyl (C=O) groups is 1. The van der Waals surface area contributed by atoms with Crippen LogP contribution < -0.4 is 0 Å². The molecule has 1 rings (SSSR count). The first-order chi connectivity index (χ1) is 6.11. The van der Waals surface area contributed by atoms with Crippen LogP contribution in [0.2, 0.25) is 0 Å². The molecule has 0 radical (unpaired) electrons. The van der Waals surface area contributed by atoms with E-state index in [4.69, 9.17) is 0 Å². The quantitative estimate of drug-likeness (QED) is 0.644. The highest BCUT2D eigenvalue weighted by molar-refractivity contribution is 5.76. The molecular formula is C11H21NO. The lowest BCUT2D eigenvalue weighted by atomic mass is 10.0. The van der Waals surface area contributed by atoms with Crippen LogP contribution in [0.3, 0.4) is 0 Å². The van der Waals surface area contributed by atoms with Crippen LogP contribution >= 0.6 is 0 Å². The molecule has 2 nitrogen and oxygen atoms in total. The molecule has 0 bridgehead atoms. The van der Waals surface area contributed by atoms with Crippen molar-refractivity contribution in [2.75, 3.05) is 0 Å². The minimum atomic E-state index is 0.323. The van der Waals surface area contributed by atoms with E-state index in [1.165, 1.54) is 6.42 Å². The van der Waals surface area contributed by atoms with E-state index >= 15 is 0 Å². The lowest BCUT2D eigenvalue weighted by Gasteiger charge is -2.28. The van der Waals surface area contributed by atoms with Crippen LogP contribution in [0.25, 0.3) is 0 Å². The Balaban J connectivity index is 2.73. The average Bonchev–Trinajstić information content (AvgIpc) is 2.42. The molecule has 1 amide bonds. The van der Waals surface area contributed by atoms with Crippen LogP contribution in [0.15, 0.2) is 0 Å². The van der Waals surface area contributed by atoms with E-state index < -0.39 is 0 Å². The minimum absolute atomic E-state index is 0.323. The zero-order chi connectivity index (χ0) is 10.0. The Morgan fingerprint density at radius 2 is 2.00 bits per heavy atom. The van der Waals surface area contributed by atoms with E-state index in [1.807, 2.05) is 6.92 Å². The van der Waals surface area contributed by atoms with Gasteiger partial charge in [-0.15, -0.1) is 0 Å². The second-order valence-electron chi connectivity index (χ2n) is 4.17. The van der Waals surface area contributed by atoms with E-state index in [0.29, 0.717) is 30.3 Å². The zero-order valence-corrected chi connectivity index (χ0v) is 9.21. The Labute approximate surface area is 81.3 Å². The van der Waals surface area contributed by atoms with Gasteiger partial charge in [0.2, 0.25) is 5.91 Å². The summed E-state index contributed by atoms with van der Waals surface area (Å²) in [7, 11) is 0. The third-order valence-corrected chi connectivity index (χ3v) is 3.36. The van der Waals surface area contributed by atoms with Gasteiger partial charge in [-0.25, -0.2) is 0 Å². The number of nitrogens with zero attached hydrogens (tertiary/aromatic N) is 1. The highest BCUT2D eigenvalue weighted by Crippen LogP contribution is 2.31. The molecule has 0 aromatic carbocycles. The van der Waals surface area contributed by atoms with Gasteiger partial charge in [0.15, 0.2) is 0 Å². The molecule has 1 saturated heterocycles. The van der Waals surface area contributed by atoms with Crippen molar-refractivity contribution in [3.8, 4) is 0 Å². The number of hydrogen-bond acceptors (Lipinski definition) is 1. The van der Waals surface area contributed by atoms with Crippen LogP contribution in [0, 0.1) is 5.92 Å². The molecule has 0 N–H and O–H groups in total. The molecule has 1 fully saturated rings. The van der Waals surface area contributed by atoms with E-state index in [2.05, 4.69) is 25.7 Å². The summed E-state index contributed by atoms with van der Waals surface area (Å²) in [5.41, 5.74) is 0. The Kier molecular flexibility index (Phi) is 3.34. The normalized spacial score (nSPS) is 33.8. The van der Waals surface area contributed by atoms with E-state index in [-0.39, 0.29) is 0 Å². The number of likely N-dealkylation sites (tertiary alicyclic amines) is 1. The Morgan fingerprint density at radius 3 is 2.46 bits per heavy atom. The van der Waals surface area contributed by atoms with Crippen molar-refractivity contribution in [1.82, 2.24) is 4.90 Å². The van der Waals surface area contributed by atoms with Gasteiger partial charge in [-0.2, -0.15) is 0 Å². The van der Waals surface area contributed by atoms with Gasteiger partial charge >= 0.3 is 0 Å². The first-order valence-electron chi connectivity index (χ1n) is 5.42. The predicted molar refractivity (Wildman–Crippen MR) is 54.5 cm³/mol. The molecule has 1 heterocycles. The fourth-order valence-electron chi connectivity index (χ4n) is 2.32. The monoisotopic (exact) mass is 183 g/mol. The molecule has 1 aliphatic rings. The summed E-state index contributed by atoms with van der Waals surface area (Å²) in [6, 6.07) is 0.940. The van der Waals surface area contributed by atoms with Gasteiger partial charge in [0.25, 0.3) is 0 Å². The molecule has 1 aliphatic heterocycles. The van der Waals surface area contributed by atoms with Crippen molar-refractivity contribution in [2.24, 2.45) is 5.92 Å². The van der Waals surface area contributed by atoms with E-state index in [9.17, 15) is 4.79 Å². The summed E-state index contributed by atoms with van der Waals surface area (Å²) < 4.78 is 0. The van der Waals surface area contributed by atoms with Crippen molar-refractivity contribution < 1.29 is 4.79 Å². The second-order valence-corrected chi connectivity index (χ2v) is 4.17. The fraction of sp³-hybridized carbons (Fsp3) is 0.909. The van der Waals surface area contributed by atoms with E-state index in [0.717, 1.165) is 6.42 Å². The van der Waals surface area contributed by atoms with Gasteiger partial charge in [-0.1, -0.05) is 20.8 Å². The Morgan fingerprint density at radius 1 is 1.38 bits per heavy atom. The topological polar surface area (TPSA) is 20.3 Å². The first kappa shape index (κ1) is 10.6. The summed E-state index contributed by atoms with van der Waals surface area (Å²) in [5, 5.41) is 0. The van der Waals surface area contributed by atoms with Gasteiger partial charge in [-0.05, 0) is 25.7 Å². The van der Waals surface area contributed by atoms with E-state index in [1.54, 1.807) is 0 Å². The maximum absolute atomic E-state index is 11.7. The Hall–Kier alpha value is -0.530. The molecule has 0 aromatic heterocycles. The summed E-state index contributed by atoms with van der Waals surface area (Å²) >= 11 is 0. The predicted octanol–water partition coefficient (Wildman–Crippen LogP) is 2.43. The second kappa shape index (κ2) is 4.12. The number of amides is 1. The van der Waals surface area contributed by atoms with Crippen LogP contribution in [-0.4, -0.2) is 22.9 Å². The summed E-state index contributed by atoms with van der Waals surface area (Å²) in [5.74, 6) is 0.990. The van der Waals surface area contributed by atoms with Crippen LogP contribution in [-0.2, 0) is 4.79 Å². The van der Waals surface area contributed by atoms with Gasteiger partial charge in [0.1, 0.15) is 0 Å². The molecular weight excluding hydrogens is 162 g/mol. The molecule has 76 valence electrons. The minimum Gasteiger partial charge on any atom is -0.337 e. The van der Waals surface area contributed by atoms with Crippen molar-refractivity contribution in [2.45, 2.75) is 59.0 Å². The van der Waals surface area contributed by atoms with Crippen LogP contribution in [0.4, 0.5) is 0 Å². The molecule has 2 unspecified atom stereocenters. The SMILES string of the molecule is CCC(=O)N1C(C)C(C)C[C@H]1CC. The Bertz CT molecular complexity index is 191. The van der Waals surface area contributed by atoms with Crippen molar-refractivity contribution in [3.05, 3.63) is 0 Å². The van der Waals surface area contributed by atoms with Gasteiger partial charge < -0.3 is 4.90 Å². The molecule has 0 aliphatic carbocycles.